The molecule has 0 heterocycles. The second kappa shape index (κ2) is 5.87. The number of nitrogens with zero attached hydrogens (tertiary/aromatic N) is 1. The van der Waals surface area contributed by atoms with Gasteiger partial charge in [-0.25, -0.2) is 13.6 Å². The summed E-state index contributed by atoms with van der Waals surface area (Å²) in [5.41, 5.74) is 0.0792. The van der Waals surface area contributed by atoms with Gasteiger partial charge in [-0.2, -0.15) is 0 Å². The van der Waals surface area contributed by atoms with Crippen LogP contribution in [0.2, 0.25) is 0 Å². The maximum absolute atomic E-state index is 12.4. The van der Waals surface area contributed by atoms with Gasteiger partial charge in [0.05, 0.1) is 12.1 Å². The van der Waals surface area contributed by atoms with Crippen molar-refractivity contribution in [3.8, 4) is 0 Å². The van der Waals surface area contributed by atoms with Crippen molar-refractivity contribution in [3.63, 3.8) is 0 Å². The summed E-state index contributed by atoms with van der Waals surface area (Å²) in [6.45, 7) is -0.704. The first-order valence-electron chi connectivity index (χ1n) is 6.20. The van der Waals surface area contributed by atoms with Gasteiger partial charge in [0.15, 0.2) is 0 Å². The maximum Gasteiger partial charge on any atom is 0.336 e. The van der Waals surface area contributed by atoms with E-state index in [-0.39, 0.29) is 16.5 Å². The molecule has 0 aliphatic heterocycles. The summed E-state index contributed by atoms with van der Waals surface area (Å²) < 4.78 is 24.8. The molecule has 4 nitrogen and oxygen atoms in total. The van der Waals surface area contributed by atoms with Gasteiger partial charge in [0.2, 0.25) is 0 Å². The van der Waals surface area contributed by atoms with E-state index in [4.69, 9.17) is 0 Å². The van der Waals surface area contributed by atoms with Crippen LogP contribution in [0.1, 0.15) is 20.7 Å². The van der Waals surface area contributed by atoms with Crippen LogP contribution in [0, 0.1) is 0 Å². The Labute approximate surface area is 119 Å². The number of halogens is 2. The van der Waals surface area contributed by atoms with Crippen LogP contribution < -0.4 is 0 Å². The molecule has 0 bridgehead atoms. The average molecular weight is 293 g/mol. The first-order chi connectivity index (χ1) is 9.91. The fourth-order valence-electron chi connectivity index (χ4n) is 2.19. The van der Waals surface area contributed by atoms with Crippen molar-refractivity contribution in [1.29, 1.82) is 0 Å². The molecule has 21 heavy (non-hydrogen) atoms. The highest BCUT2D eigenvalue weighted by atomic mass is 19.3. The summed E-state index contributed by atoms with van der Waals surface area (Å²) in [4.78, 5) is 24.4. The third kappa shape index (κ3) is 2.99. The summed E-state index contributed by atoms with van der Waals surface area (Å²) in [6.07, 6.45) is -2.65. The lowest BCUT2D eigenvalue weighted by Gasteiger charge is -2.18. The van der Waals surface area contributed by atoms with E-state index < -0.39 is 24.8 Å². The van der Waals surface area contributed by atoms with Crippen LogP contribution in [0.3, 0.4) is 0 Å². The van der Waals surface area contributed by atoms with Crippen LogP contribution in [0.4, 0.5) is 8.78 Å². The smallest absolute Gasteiger partial charge is 0.336 e. The van der Waals surface area contributed by atoms with Crippen molar-refractivity contribution >= 4 is 22.6 Å². The largest absolute Gasteiger partial charge is 0.478 e. The number of benzene rings is 2. The molecule has 2 rings (SSSR count). The number of carboxylic acid groups (broad SMARTS) is 1. The molecule has 0 aromatic heterocycles. The minimum atomic E-state index is -2.65. The predicted molar refractivity (Wildman–Crippen MR) is 73.9 cm³/mol. The van der Waals surface area contributed by atoms with Crippen molar-refractivity contribution in [3.05, 3.63) is 47.5 Å². The van der Waals surface area contributed by atoms with Crippen LogP contribution in [0.15, 0.2) is 36.4 Å². The number of hydrogen-bond acceptors (Lipinski definition) is 2. The van der Waals surface area contributed by atoms with E-state index in [0.717, 1.165) is 4.90 Å². The van der Waals surface area contributed by atoms with Crippen molar-refractivity contribution in [2.24, 2.45) is 0 Å². The van der Waals surface area contributed by atoms with Gasteiger partial charge in [-0.15, -0.1) is 0 Å². The van der Waals surface area contributed by atoms with Gasteiger partial charge >= 0.3 is 5.97 Å². The molecule has 110 valence electrons. The number of carbonyl (C=O) groups excluding carboxylic acids is 1. The van der Waals surface area contributed by atoms with Crippen LogP contribution in [0.25, 0.3) is 10.8 Å². The van der Waals surface area contributed by atoms with Gasteiger partial charge in [-0.3, -0.25) is 4.79 Å². The Morgan fingerprint density at radius 2 is 1.71 bits per heavy atom. The number of carbonyl (C=O) groups is 2. The van der Waals surface area contributed by atoms with Gasteiger partial charge < -0.3 is 10.0 Å². The van der Waals surface area contributed by atoms with Gasteiger partial charge in [0.1, 0.15) is 0 Å². The normalized spacial score (nSPS) is 10.9. The molecule has 6 heteroatoms. The molecular formula is C15H13F2NO3. The SMILES string of the molecule is CN(CC(F)F)C(=O)c1cccc2cccc(C(=O)O)c12. The molecule has 1 amide bonds. The monoisotopic (exact) mass is 293 g/mol. The highest BCUT2D eigenvalue weighted by Crippen LogP contribution is 2.24. The highest BCUT2D eigenvalue weighted by Gasteiger charge is 2.20. The van der Waals surface area contributed by atoms with E-state index in [9.17, 15) is 23.5 Å². The third-order valence-electron chi connectivity index (χ3n) is 3.12. The molecular weight excluding hydrogens is 280 g/mol. The fraction of sp³-hybridized carbons (Fsp3) is 0.200. The molecule has 1 N–H and O–H groups in total. The lowest BCUT2D eigenvalue weighted by molar-refractivity contribution is 0.0622. The van der Waals surface area contributed by atoms with Crippen molar-refractivity contribution in [2.45, 2.75) is 6.43 Å². The Morgan fingerprint density at radius 3 is 2.24 bits per heavy atom. The summed E-state index contributed by atoms with van der Waals surface area (Å²) in [7, 11) is 1.26. The first kappa shape index (κ1) is 14.9. The summed E-state index contributed by atoms with van der Waals surface area (Å²) in [5.74, 6) is -1.80. The lowest BCUT2D eigenvalue weighted by atomic mass is 9.98. The van der Waals surface area contributed by atoms with E-state index >= 15 is 0 Å². The minimum Gasteiger partial charge on any atom is -0.478 e. The Hall–Kier alpha value is -2.50. The number of hydrogen-bond donors (Lipinski definition) is 1. The summed E-state index contributed by atoms with van der Waals surface area (Å²) >= 11 is 0. The number of rotatable bonds is 4. The van der Waals surface area contributed by atoms with Gasteiger partial charge in [-0.05, 0) is 17.5 Å². The van der Waals surface area contributed by atoms with Crippen molar-refractivity contribution in [2.75, 3.05) is 13.6 Å². The second-order valence-corrected chi connectivity index (χ2v) is 4.59. The maximum atomic E-state index is 12.4. The van der Waals surface area contributed by atoms with E-state index in [2.05, 4.69) is 0 Å². The molecule has 0 radical (unpaired) electrons. The molecule has 0 atom stereocenters. The Balaban J connectivity index is 2.58. The molecule has 0 fully saturated rings. The molecule has 2 aromatic rings. The van der Waals surface area contributed by atoms with Gasteiger partial charge in [0, 0.05) is 18.0 Å². The van der Waals surface area contributed by atoms with E-state index in [1.165, 1.54) is 19.2 Å². The number of fused-ring (bicyclic) bond motifs is 1. The van der Waals surface area contributed by atoms with E-state index in [1.54, 1.807) is 24.3 Å². The molecule has 0 aliphatic rings. The molecule has 2 aromatic carbocycles. The average Bonchev–Trinajstić information content (AvgIpc) is 2.44. The Morgan fingerprint density at radius 1 is 1.14 bits per heavy atom. The van der Waals surface area contributed by atoms with Crippen LogP contribution in [-0.4, -0.2) is 41.9 Å². The number of amides is 1. The van der Waals surface area contributed by atoms with Gasteiger partial charge in [-0.1, -0.05) is 24.3 Å². The number of alkyl halides is 2. The van der Waals surface area contributed by atoms with Crippen LogP contribution in [0.5, 0.6) is 0 Å². The highest BCUT2D eigenvalue weighted by molar-refractivity contribution is 6.14. The summed E-state index contributed by atoms with van der Waals surface area (Å²) in [6, 6.07) is 9.34. The zero-order valence-corrected chi connectivity index (χ0v) is 11.2. The number of aromatic carboxylic acids is 1. The Bertz CT molecular complexity index is 695. The first-order valence-corrected chi connectivity index (χ1v) is 6.20. The lowest BCUT2D eigenvalue weighted by Crippen LogP contribution is -2.31. The van der Waals surface area contributed by atoms with Crippen LogP contribution >= 0.6 is 0 Å². The second-order valence-electron chi connectivity index (χ2n) is 4.59. The Kier molecular flexibility index (Phi) is 4.16. The molecule has 0 saturated heterocycles. The van der Waals surface area contributed by atoms with E-state index in [1.807, 2.05) is 0 Å². The molecule has 0 spiro atoms. The fourth-order valence-corrected chi connectivity index (χ4v) is 2.19. The van der Waals surface area contributed by atoms with E-state index in [0.29, 0.717) is 5.39 Å². The van der Waals surface area contributed by atoms with Crippen molar-refractivity contribution < 1.29 is 23.5 Å². The summed E-state index contributed by atoms with van der Waals surface area (Å²) in [5, 5.41) is 10.1. The quantitative estimate of drug-likeness (QED) is 0.943. The van der Waals surface area contributed by atoms with Crippen LogP contribution in [-0.2, 0) is 0 Å². The van der Waals surface area contributed by atoms with Gasteiger partial charge in [0.25, 0.3) is 12.3 Å². The predicted octanol–water partition coefficient (Wildman–Crippen LogP) is 2.88. The molecule has 0 saturated carbocycles. The molecule has 0 unspecified atom stereocenters. The topological polar surface area (TPSA) is 57.6 Å². The minimum absolute atomic E-state index is 0.0260. The zero-order valence-electron chi connectivity index (χ0n) is 11.2. The number of carboxylic acids is 1. The molecule has 0 aliphatic carbocycles. The third-order valence-corrected chi connectivity index (χ3v) is 3.12. The zero-order chi connectivity index (χ0) is 15.6. The van der Waals surface area contributed by atoms with Crippen molar-refractivity contribution in [1.82, 2.24) is 4.90 Å². The standard InChI is InChI=1S/C15H13F2NO3/c1-18(8-12(16)17)14(19)10-6-2-4-9-5-3-7-11(13(9)10)15(20)21/h2-7,12H,8H2,1H3,(H,20,21).